The summed E-state index contributed by atoms with van der Waals surface area (Å²) in [7, 11) is 1.98. The van der Waals surface area contributed by atoms with E-state index in [9.17, 15) is 4.79 Å². The minimum atomic E-state index is 0.735. The molecule has 20 heavy (non-hydrogen) atoms. The Morgan fingerprint density at radius 3 is 2.65 bits per heavy atom. The van der Waals surface area contributed by atoms with Crippen molar-refractivity contribution in [2.45, 2.75) is 26.3 Å². The molecule has 0 fully saturated rings. The molecule has 0 N–H and O–H groups in total. The highest BCUT2D eigenvalue weighted by Gasteiger charge is 2.13. The molecule has 106 valence electrons. The van der Waals surface area contributed by atoms with Gasteiger partial charge in [-0.15, -0.1) is 0 Å². The molecule has 0 spiro atoms. The smallest absolute Gasteiger partial charge is 0.186 e. The van der Waals surface area contributed by atoms with Gasteiger partial charge < -0.3 is 4.90 Å². The van der Waals surface area contributed by atoms with Gasteiger partial charge in [0, 0.05) is 18.6 Å². The third-order valence-corrected chi connectivity index (χ3v) is 4.36. The molecule has 1 aromatic heterocycles. The highest BCUT2D eigenvalue weighted by Crippen LogP contribution is 2.26. The normalized spacial score (nSPS) is 10.6. The number of thiazole rings is 1. The summed E-state index contributed by atoms with van der Waals surface area (Å²) in [6, 6.07) is 7.76. The lowest BCUT2D eigenvalue weighted by atomic mass is 10.2. The summed E-state index contributed by atoms with van der Waals surface area (Å²) in [6.45, 7) is 2.83. The number of benzene rings is 1. The molecule has 5 heteroatoms. The Balaban J connectivity index is 2.14. The zero-order valence-electron chi connectivity index (χ0n) is 11.6. The first-order valence-corrected chi connectivity index (χ1v) is 7.74. The maximum Gasteiger partial charge on any atom is 0.186 e. The number of aryl methyl sites for hydroxylation is 1. The van der Waals surface area contributed by atoms with Crippen molar-refractivity contribution in [2.24, 2.45) is 0 Å². The number of hydrogen-bond acceptors (Lipinski definition) is 4. The fraction of sp³-hybridized carbons (Fsp3) is 0.333. The molecule has 0 aliphatic heterocycles. The number of aldehydes is 1. The van der Waals surface area contributed by atoms with Crippen molar-refractivity contribution >= 4 is 34.4 Å². The summed E-state index contributed by atoms with van der Waals surface area (Å²) < 4.78 is 0. The van der Waals surface area contributed by atoms with E-state index in [1.54, 1.807) is 0 Å². The highest BCUT2D eigenvalue weighted by molar-refractivity contribution is 7.17. The van der Waals surface area contributed by atoms with Crippen molar-refractivity contribution in [1.82, 2.24) is 4.98 Å². The zero-order chi connectivity index (χ0) is 14.5. The van der Waals surface area contributed by atoms with Crippen LogP contribution in [0.5, 0.6) is 0 Å². The summed E-state index contributed by atoms with van der Waals surface area (Å²) in [5.41, 5.74) is 2.07. The number of carbonyl (C=O) groups excluding carboxylic acids is 1. The number of anilines is 1. The van der Waals surface area contributed by atoms with Gasteiger partial charge in [0.1, 0.15) is 0 Å². The maximum atomic E-state index is 11.1. The van der Waals surface area contributed by atoms with Crippen LogP contribution in [0.3, 0.4) is 0 Å². The van der Waals surface area contributed by atoms with Crippen LogP contribution in [0.4, 0.5) is 5.13 Å². The van der Waals surface area contributed by atoms with Crippen molar-refractivity contribution in [1.29, 1.82) is 0 Å². The average molecular weight is 309 g/mol. The minimum absolute atomic E-state index is 0.735. The number of hydrogen-bond donors (Lipinski definition) is 0. The lowest BCUT2D eigenvalue weighted by Gasteiger charge is -2.15. The molecule has 0 atom stereocenters. The molecule has 1 heterocycles. The topological polar surface area (TPSA) is 33.2 Å². The predicted molar refractivity (Wildman–Crippen MR) is 85.1 cm³/mol. The Morgan fingerprint density at radius 2 is 2.05 bits per heavy atom. The summed E-state index contributed by atoms with van der Waals surface area (Å²) in [5.74, 6) is 0. The van der Waals surface area contributed by atoms with Gasteiger partial charge >= 0.3 is 0 Å². The van der Waals surface area contributed by atoms with Gasteiger partial charge in [-0.25, -0.2) is 4.98 Å². The molecule has 0 radical (unpaired) electrons. The first-order valence-electron chi connectivity index (χ1n) is 6.54. The molecule has 0 aliphatic rings. The van der Waals surface area contributed by atoms with Crippen molar-refractivity contribution in [3.05, 3.63) is 45.4 Å². The zero-order valence-corrected chi connectivity index (χ0v) is 13.2. The standard InChI is InChI=1S/C15H17ClN2OS/c1-3-4-13-14(10-19)20-15(17-13)18(2)9-11-5-7-12(16)8-6-11/h5-8,10H,3-4,9H2,1-2H3. The fourth-order valence-corrected chi connectivity index (χ4v) is 2.97. The molecule has 0 bridgehead atoms. The van der Waals surface area contributed by atoms with Gasteiger partial charge in [0.05, 0.1) is 10.6 Å². The van der Waals surface area contributed by atoms with Crippen molar-refractivity contribution < 1.29 is 4.79 Å². The van der Waals surface area contributed by atoms with Crippen molar-refractivity contribution in [2.75, 3.05) is 11.9 Å². The van der Waals surface area contributed by atoms with Gasteiger partial charge in [0.15, 0.2) is 11.4 Å². The van der Waals surface area contributed by atoms with Crippen LogP contribution in [0.1, 0.15) is 34.3 Å². The van der Waals surface area contributed by atoms with Gasteiger partial charge in [-0.1, -0.05) is 48.4 Å². The van der Waals surface area contributed by atoms with Crippen molar-refractivity contribution in [3.8, 4) is 0 Å². The molecule has 0 unspecified atom stereocenters. The van der Waals surface area contributed by atoms with E-state index in [2.05, 4.69) is 16.8 Å². The maximum absolute atomic E-state index is 11.1. The highest BCUT2D eigenvalue weighted by atomic mass is 35.5. The van der Waals surface area contributed by atoms with Gasteiger partial charge in [-0.3, -0.25) is 4.79 Å². The van der Waals surface area contributed by atoms with E-state index in [0.29, 0.717) is 0 Å². The van der Waals surface area contributed by atoms with E-state index in [0.717, 1.165) is 52.0 Å². The first-order chi connectivity index (χ1) is 9.63. The molecule has 0 amide bonds. The second-order valence-corrected chi connectivity index (χ2v) is 6.10. The molecule has 0 saturated heterocycles. The number of nitrogens with zero attached hydrogens (tertiary/aromatic N) is 2. The van der Waals surface area contributed by atoms with Crippen LogP contribution in [-0.4, -0.2) is 18.3 Å². The summed E-state index contributed by atoms with van der Waals surface area (Å²) in [6.07, 6.45) is 2.74. The lowest BCUT2D eigenvalue weighted by Crippen LogP contribution is -2.16. The lowest BCUT2D eigenvalue weighted by molar-refractivity contribution is 0.112. The van der Waals surface area contributed by atoms with Crippen LogP contribution in [-0.2, 0) is 13.0 Å². The van der Waals surface area contributed by atoms with Gasteiger partial charge in [0.2, 0.25) is 0 Å². The minimum Gasteiger partial charge on any atom is -0.347 e. The van der Waals surface area contributed by atoms with E-state index in [4.69, 9.17) is 11.6 Å². The van der Waals surface area contributed by atoms with E-state index in [1.165, 1.54) is 11.3 Å². The van der Waals surface area contributed by atoms with Crippen LogP contribution >= 0.6 is 22.9 Å². The Labute approximate surface area is 128 Å². The molecular formula is C15H17ClN2OS. The third-order valence-electron chi connectivity index (χ3n) is 2.97. The Hall–Kier alpha value is -1.39. The van der Waals surface area contributed by atoms with E-state index >= 15 is 0 Å². The quantitative estimate of drug-likeness (QED) is 0.750. The van der Waals surface area contributed by atoms with Crippen LogP contribution < -0.4 is 4.90 Å². The summed E-state index contributed by atoms with van der Waals surface area (Å²) in [5, 5.41) is 1.62. The Kier molecular flexibility index (Phi) is 5.15. The predicted octanol–water partition coefficient (Wildman–Crippen LogP) is 4.20. The molecule has 0 saturated carbocycles. The molecule has 1 aromatic carbocycles. The molecule has 0 aliphatic carbocycles. The number of carbonyl (C=O) groups is 1. The van der Waals surface area contributed by atoms with Crippen LogP contribution in [0.15, 0.2) is 24.3 Å². The number of halogens is 1. The number of rotatable bonds is 6. The van der Waals surface area contributed by atoms with Gasteiger partial charge in [0.25, 0.3) is 0 Å². The van der Waals surface area contributed by atoms with E-state index < -0.39 is 0 Å². The second kappa shape index (κ2) is 6.86. The van der Waals surface area contributed by atoms with Crippen LogP contribution in [0.2, 0.25) is 5.02 Å². The van der Waals surface area contributed by atoms with Crippen LogP contribution in [0, 0.1) is 0 Å². The molecular weight excluding hydrogens is 292 g/mol. The molecule has 3 nitrogen and oxygen atoms in total. The van der Waals surface area contributed by atoms with Gasteiger partial charge in [-0.2, -0.15) is 0 Å². The van der Waals surface area contributed by atoms with E-state index in [-0.39, 0.29) is 0 Å². The summed E-state index contributed by atoms with van der Waals surface area (Å²) in [4.78, 5) is 18.4. The molecule has 2 aromatic rings. The van der Waals surface area contributed by atoms with Gasteiger partial charge in [-0.05, 0) is 24.1 Å². The number of aromatic nitrogens is 1. The molecule has 2 rings (SSSR count). The second-order valence-electron chi connectivity index (χ2n) is 4.66. The summed E-state index contributed by atoms with van der Waals surface area (Å²) >= 11 is 7.33. The van der Waals surface area contributed by atoms with Crippen LogP contribution in [0.25, 0.3) is 0 Å². The SMILES string of the molecule is CCCc1nc(N(C)Cc2ccc(Cl)cc2)sc1C=O. The largest absolute Gasteiger partial charge is 0.347 e. The van der Waals surface area contributed by atoms with E-state index in [1.807, 2.05) is 31.3 Å². The van der Waals surface area contributed by atoms with Crippen molar-refractivity contribution in [3.63, 3.8) is 0 Å². The third kappa shape index (κ3) is 3.58. The Morgan fingerprint density at radius 1 is 1.35 bits per heavy atom. The Bertz CT molecular complexity index is 580. The monoisotopic (exact) mass is 308 g/mol. The first kappa shape index (κ1) is 15.0. The fourth-order valence-electron chi connectivity index (χ4n) is 1.95. The average Bonchev–Trinajstić information content (AvgIpc) is 2.85.